The van der Waals surface area contributed by atoms with Gasteiger partial charge in [-0.3, -0.25) is 0 Å². The smallest absolute Gasteiger partial charge is 0.120 e. The Balaban J connectivity index is 1.83. The third-order valence-electron chi connectivity index (χ3n) is 3.91. The lowest BCUT2D eigenvalue weighted by Crippen LogP contribution is -2.33. The van der Waals surface area contributed by atoms with Crippen LogP contribution in [0.5, 0.6) is 5.75 Å². The minimum absolute atomic E-state index is 0.594. The fourth-order valence-corrected chi connectivity index (χ4v) is 2.83. The van der Waals surface area contributed by atoms with Crippen molar-refractivity contribution in [2.24, 2.45) is 5.92 Å². The van der Waals surface area contributed by atoms with Crippen LogP contribution in [0.2, 0.25) is 0 Å². The first-order valence-corrected chi connectivity index (χ1v) is 7.73. The molecular formula is C18H27NO. The molecule has 0 aliphatic heterocycles. The Morgan fingerprint density at radius 3 is 3.00 bits per heavy atom. The molecule has 1 aliphatic rings. The normalized spacial score (nSPS) is 22.5. The molecule has 0 radical (unpaired) electrons. The van der Waals surface area contributed by atoms with Crippen LogP contribution in [0.1, 0.15) is 45.1 Å². The second-order valence-corrected chi connectivity index (χ2v) is 6.24. The topological polar surface area (TPSA) is 21.3 Å². The van der Waals surface area contributed by atoms with Crippen molar-refractivity contribution < 1.29 is 4.74 Å². The molecular weight excluding hydrogens is 246 g/mol. The van der Waals surface area contributed by atoms with Gasteiger partial charge in [-0.25, -0.2) is 0 Å². The lowest BCUT2D eigenvalue weighted by atomic mass is 9.87. The van der Waals surface area contributed by atoms with Crippen LogP contribution in [-0.4, -0.2) is 12.6 Å². The molecule has 1 N–H and O–H groups in total. The summed E-state index contributed by atoms with van der Waals surface area (Å²) in [5.41, 5.74) is 2.34. The SMILES string of the molecule is C=C(C)COc1cccc(CNC2CCCC(C)C2)c1. The van der Waals surface area contributed by atoms with Crippen molar-refractivity contribution in [1.82, 2.24) is 5.32 Å². The van der Waals surface area contributed by atoms with Gasteiger partial charge in [-0.2, -0.15) is 0 Å². The van der Waals surface area contributed by atoms with Crippen LogP contribution in [0, 0.1) is 5.92 Å². The van der Waals surface area contributed by atoms with Crippen molar-refractivity contribution in [2.75, 3.05) is 6.61 Å². The van der Waals surface area contributed by atoms with Crippen LogP contribution >= 0.6 is 0 Å². The number of ether oxygens (including phenoxy) is 1. The first-order valence-electron chi connectivity index (χ1n) is 7.73. The zero-order chi connectivity index (χ0) is 14.4. The molecule has 110 valence electrons. The largest absolute Gasteiger partial charge is 0.489 e. The van der Waals surface area contributed by atoms with E-state index in [9.17, 15) is 0 Å². The molecule has 1 aromatic carbocycles. The predicted octanol–water partition coefficient (Wildman–Crippen LogP) is 4.31. The van der Waals surface area contributed by atoms with Gasteiger partial charge in [0.15, 0.2) is 0 Å². The Labute approximate surface area is 123 Å². The summed E-state index contributed by atoms with van der Waals surface area (Å²) in [5, 5.41) is 3.69. The van der Waals surface area contributed by atoms with Crippen molar-refractivity contribution in [3.8, 4) is 5.75 Å². The molecule has 2 rings (SSSR count). The van der Waals surface area contributed by atoms with E-state index in [1.807, 2.05) is 13.0 Å². The average molecular weight is 273 g/mol. The maximum absolute atomic E-state index is 5.69. The molecule has 0 aromatic heterocycles. The van der Waals surface area contributed by atoms with Gasteiger partial charge in [-0.05, 0) is 49.0 Å². The fraction of sp³-hybridized carbons (Fsp3) is 0.556. The van der Waals surface area contributed by atoms with E-state index in [-0.39, 0.29) is 0 Å². The highest BCUT2D eigenvalue weighted by Crippen LogP contribution is 2.24. The first-order chi connectivity index (χ1) is 9.63. The van der Waals surface area contributed by atoms with Gasteiger partial charge in [0, 0.05) is 12.6 Å². The number of hydrogen-bond donors (Lipinski definition) is 1. The van der Waals surface area contributed by atoms with Crippen LogP contribution in [0.4, 0.5) is 0 Å². The molecule has 0 bridgehead atoms. The second-order valence-electron chi connectivity index (χ2n) is 6.24. The summed E-state index contributed by atoms with van der Waals surface area (Å²) in [6.07, 6.45) is 5.38. The van der Waals surface area contributed by atoms with Crippen LogP contribution < -0.4 is 10.1 Å². The van der Waals surface area contributed by atoms with E-state index in [0.29, 0.717) is 12.6 Å². The van der Waals surface area contributed by atoms with Gasteiger partial charge in [-0.1, -0.05) is 38.5 Å². The predicted molar refractivity (Wildman–Crippen MR) is 85.0 cm³/mol. The highest BCUT2D eigenvalue weighted by molar-refractivity contribution is 5.28. The van der Waals surface area contributed by atoms with Crippen molar-refractivity contribution in [1.29, 1.82) is 0 Å². The molecule has 1 saturated carbocycles. The monoisotopic (exact) mass is 273 g/mol. The van der Waals surface area contributed by atoms with Gasteiger partial charge in [0.2, 0.25) is 0 Å². The van der Waals surface area contributed by atoms with Gasteiger partial charge < -0.3 is 10.1 Å². The zero-order valence-corrected chi connectivity index (χ0v) is 12.8. The van der Waals surface area contributed by atoms with Crippen molar-refractivity contribution in [3.05, 3.63) is 42.0 Å². The van der Waals surface area contributed by atoms with E-state index in [4.69, 9.17) is 4.74 Å². The van der Waals surface area contributed by atoms with Gasteiger partial charge >= 0.3 is 0 Å². The van der Waals surface area contributed by atoms with Crippen molar-refractivity contribution in [2.45, 2.75) is 52.1 Å². The van der Waals surface area contributed by atoms with E-state index in [2.05, 4.69) is 37.0 Å². The summed E-state index contributed by atoms with van der Waals surface area (Å²) < 4.78 is 5.69. The molecule has 2 unspecified atom stereocenters. The van der Waals surface area contributed by atoms with E-state index in [0.717, 1.165) is 23.8 Å². The highest BCUT2D eigenvalue weighted by atomic mass is 16.5. The zero-order valence-electron chi connectivity index (χ0n) is 12.8. The van der Waals surface area contributed by atoms with E-state index >= 15 is 0 Å². The van der Waals surface area contributed by atoms with E-state index in [1.165, 1.54) is 31.2 Å². The minimum atomic E-state index is 0.594. The summed E-state index contributed by atoms with van der Waals surface area (Å²) in [5.74, 6) is 1.80. The summed E-state index contributed by atoms with van der Waals surface area (Å²) in [7, 11) is 0. The number of nitrogens with one attached hydrogen (secondary N) is 1. The van der Waals surface area contributed by atoms with Crippen molar-refractivity contribution in [3.63, 3.8) is 0 Å². The summed E-state index contributed by atoms with van der Waals surface area (Å²) in [6, 6.07) is 9.04. The van der Waals surface area contributed by atoms with Gasteiger partial charge in [0.25, 0.3) is 0 Å². The van der Waals surface area contributed by atoms with E-state index < -0.39 is 0 Å². The van der Waals surface area contributed by atoms with Crippen molar-refractivity contribution >= 4 is 0 Å². The first kappa shape index (κ1) is 15.1. The van der Waals surface area contributed by atoms with E-state index in [1.54, 1.807) is 0 Å². The Morgan fingerprint density at radius 2 is 2.25 bits per heavy atom. The van der Waals surface area contributed by atoms with Crippen LogP contribution in [0.3, 0.4) is 0 Å². The van der Waals surface area contributed by atoms with Crippen LogP contribution in [-0.2, 0) is 6.54 Å². The van der Waals surface area contributed by atoms with Gasteiger partial charge in [-0.15, -0.1) is 0 Å². The molecule has 0 heterocycles. The van der Waals surface area contributed by atoms with Gasteiger partial charge in [0.1, 0.15) is 12.4 Å². The Hall–Kier alpha value is -1.28. The summed E-state index contributed by atoms with van der Waals surface area (Å²) in [4.78, 5) is 0. The number of benzene rings is 1. The molecule has 0 spiro atoms. The maximum atomic E-state index is 5.69. The summed E-state index contributed by atoms with van der Waals surface area (Å²) >= 11 is 0. The quantitative estimate of drug-likeness (QED) is 0.780. The Morgan fingerprint density at radius 1 is 1.40 bits per heavy atom. The molecule has 1 aromatic rings. The average Bonchev–Trinajstić information content (AvgIpc) is 2.43. The van der Waals surface area contributed by atoms with Crippen LogP contribution in [0.25, 0.3) is 0 Å². The maximum Gasteiger partial charge on any atom is 0.120 e. The lowest BCUT2D eigenvalue weighted by molar-refractivity contribution is 0.300. The van der Waals surface area contributed by atoms with Crippen LogP contribution in [0.15, 0.2) is 36.4 Å². The standard InChI is InChI=1S/C18H27NO/c1-14(2)13-20-18-9-5-7-16(11-18)12-19-17-8-4-6-15(3)10-17/h5,7,9,11,15,17,19H,1,4,6,8,10,12-13H2,2-3H3. The molecule has 20 heavy (non-hydrogen) atoms. The highest BCUT2D eigenvalue weighted by Gasteiger charge is 2.17. The Bertz CT molecular complexity index is 441. The Kier molecular flexibility index (Phi) is 5.66. The molecule has 0 saturated heterocycles. The lowest BCUT2D eigenvalue weighted by Gasteiger charge is -2.27. The molecule has 1 fully saturated rings. The molecule has 2 nitrogen and oxygen atoms in total. The summed E-state index contributed by atoms with van der Waals surface area (Å²) in [6.45, 7) is 9.73. The molecule has 2 atom stereocenters. The van der Waals surface area contributed by atoms with Gasteiger partial charge in [0.05, 0.1) is 0 Å². The third kappa shape index (κ3) is 5.01. The third-order valence-corrected chi connectivity index (χ3v) is 3.91. The fourth-order valence-electron chi connectivity index (χ4n) is 2.83. The molecule has 2 heteroatoms. The second kappa shape index (κ2) is 7.49. The minimum Gasteiger partial charge on any atom is -0.489 e. The molecule has 0 amide bonds. The number of rotatable bonds is 6. The molecule has 1 aliphatic carbocycles. The number of hydrogen-bond acceptors (Lipinski definition) is 2.